The summed E-state index contributed by atoms with van der Waals surface area (Å²) in [4.78, 5) is 18.5. The number of aromatic nitrogens is 1. The lowest BCUT2D eigenvalue weighted by molar-refractivity contribution is 0.0903. The first kappa shape index (κ1) is 17.3. The smallest absolute Gasteiger partial charge is 0.253 e. The van der Waals surface area contributed by atoms with Crippen LogP contribution in [0.3, 0.4) is 0 Å². The van der Waals surface area contributed by atoms with E-state index in [1.54, 1.807) is 0 Å². The Labute approximate surface area is 156 Å². The fraction of sp³-hybridized carbons (Fsp3) is 0.500. The van der Waals surface area contributed by atoms with Gasteiger partial charge in [-0.2, -0.15) is 0 Å². The zero-order valence-corrected chi connectivity index (χ0v) is 15.8. The minimum Gasteiger partial charge on any atom is -0.364 e. The van der Waals surface area contributed by atoms with Gasteiger partial charge in [0.25, 0.3) is 5.91 Å². The van der Waals surface area contributed by atoms with Gasteiger partial charge >= 0.3 is 0 Å². The number of H-pyrrole nitrogens is 1. The van der Waals surface area contributed by atoms with Gasteiger partial charge in [-0.25, -0.2) is 0 Å². The number of hydrogen-bond donors (Lipinski definition) is 2. The highest BCUT2D eigenvalue weighted by atomic mass is 16.1. The van der Waals surface area contributed by atoms with Crippen LogP contribution >= 0.6 is 0 Å². The van der Waals surface area contributed by atoms with E-state index in [9.17, 15) is 4.79 Å². The van der Waals surface area contributed by atoms with Crippen LogP contribution < -0.4 is 5.32 Å². The Hall–Kier alpha value is -2.07. The summed E-state index contributed by atoms with van der Waals surface area (Å²) in [5, 5.41) is 3.21. The fourth-order valence-electron chi connectivity index (χ4n) is 4.17. The predicted octanol–water partition coefficient (Wildman–Crippen LogP) is 3.70. The van der Waals surface area contributed by atoms with Crippen LogP contribution in [0.25, 0.3) is 0 Å². The van der Waals surface area contributed by atoms with Gasteiger partial charge in [0.2, 0.25) is 0 Å². The Kier molecular flexibility index (Phi) is 4.86. The number of carbonyl (C=O) groups is 1. The first-order valence-corrected chi connectivity index (χ1v) is 9.89. The van der Waals surface area contributed by atoms with Crippen molar-refractivity contribution in [3.8, 4) is 0 Å². The lowest BCUT2D eigenvalue weighted by atomic mass is 9.95. The Morgan fingerprint density at radius 1 is 1.23 bits per heavy atom. The summed E-state index contributed by atoms with van der Waals surface area (Å²) >= 11 is 0. The molecular formula is C22H29N3O. The van der Waals surface area contributed by atoms with Gasteiger partial charge in [0.1, 0.15) is 0 Å². The molecule has 0 spiro atoms. The molecule has 138 valence electrons. The third-order valence-electron chi connectivity index (χ3n) is 5.88. The molecule has 0 bridgehead atoms. The van der Waals surface area contributed by atoms with E-state index >= 15 is 0 Å². The number of hydrogen-bond acceptors (Lipinski definition) is 2. The second kappa shape index (κ2) is 7.28. The van der Waals surface area contributed by atoms with Gasteiger partial charge in [0.15, 0.2) is 0 Å². The minimum absolute atomic E-state index is 0.0659. The largest absolute Gasteiger partial charge is 0.364 e. The number of amides is 1. The van der Waals surface area contributed by atoms with Gasteiger partial charge in [-0.3, -0.25) is 9.69 Å². The van der Waals surface area contributed by atoms with Crippen molar-refractivity contribution in [2.45, 2.75) is 51.6 Å². The molecule has 2 heterocycles. The monoisotopic (exact) mass is 351 g/mol. The van der Waals surface area contributed by atoms with E-state index in [4.69, 9.17) is 0 Å². The Bertz CT molecular complexity index is 775. The van der Waals surface area contributed by atoms with Gasteiger partial charge in [0, 0.05) is 37.6 Å². The maximum Gasteiger partial charge on any atom is 0.253 e. The second-order valence-corrected chi connectivity index (χ2v) is 8.09. The highest BCUT2D eigenvalue weighted by Crippen LogP contribution is 2.40. The molecule has 1 saturated carbocycles. The molecule has 1 fully saturated rings. The molecule has 2 aliphatic rings. The summed E-state index contributed by atoms with van der Waals surface area (Å²) in [5.74, 6) is 1.12. The van der Waals surface area contributed by atoms with Crippen molar-refractivity contribution >= 4 is 5.91 Å². The SMILES string of the molecule is CC(C)C(CNC(=O)c1cc[nH]c1C1CC1)N1CCc2ccccc2C1. The zero-order chi connectivity index (χ0) is 18.1. The molecular weight excluding hydrogens is 322 g/mol. The van der Waals surface area contributed by atoms with E-state index in [0.717, 1.165) is 30.8 Å². The number of rotatable bonds is 6. The molecule has 4 nitrogen and oxygen atoms in total. The van der Waals surface area contributed by atoms with Gasteiger partial charge in [-0.15, -0.1) is 0 Å². The van der Waals surface area contributed by atoms with Crippen LogP contribution in [-0.2, 0) is 13.0 Å². The van der Waals surface area contributed by atoms with Crippen LogP contribution in [0.1, 0.15) is 59.8 Å². The van der Waals surface area contributed by atoms with Crippen LogP contribution in [-0.4, -0.2) is 34.9 Å². The average Bonchev–Trinajstić information content (AvgIpc) is 3.37. The number of nitrogens with zero attached hydrogens (tertiary/aromatic N) is 1. The van der Waals surface area contributed by atoms with Crippen molar-refractivity contribution in [1.29, 1.82) is 0 Å². The van der Waals surface area contributed by atoms with E-state index in [2.05, 4.69) is 53.3 Å². The third kappa shape index (κ3) is 3.56. The molecule has 4 heteroatoms. The fourth-order valence-corrected chi connectivity index (χ4v) is 4.17. The van der Waals surface area contributed by atoms with Crippen molar-refractivity contribution in [3.05, 3.63) is 58.9 Å². The summed E-state index contributed by atoms with van der Waals surface area (Å²) < 4.78 is 0. The summed E-state index contributed by atoms with van der Waals surface area (Å²) in [6, 6.07) is 11.0. The normalized spacial score (nSPS) is 18.6. The topological polar surface area (TPSA) is 48.1 Å². The zero-order valence-electron chi connectivity index (χ0n) is 15.8. The number of carbonyl (C=O) groups excluding carboxylic acids is 1. The van der Waals surface area contributed by atoms with Gasteiger partial charge in [-0.05, 0) is 48.3 Å². The van der Waals surface area contributed by atoms with E-state index in [0.29, 0.717) is 24.4 Å². The van der Waals surface area contributed by atoms with Crippen molar-refractivity contribution in [2.24, 2.45) is 5.92 Å². The standard InChI is InChI=1S/C22H29N3O/c1-15(2)20(25-12-10-16-5-3-4-6-18(16)14-25)13-24-22(26)19-9-11-23-21(19)17-7-8-17/h3-6,9,11,15,17,20,23H,7-8,10,12-14H2,1-2H3,(H,24,26). The third-order valence-corrected chi connectivity index (χ3v) is 5.88. The summed E-state index contributed by atoms with van der Waals surface area (Å²) in [7, 11) is 0. The number of nitrogens with one attached hydrogen (secondary N) is 2. The maximum atomic E-state index is 12.7. The molecule has 1 unspecified atom stereocenters. The number of fused-ring (bicyclic) bond motifs is 1. The highest BCUT2D eigenvalue weighted by molar-refractivity contribution is 5.95. The summed E-state index contributed by atoms with van der Waals surface area (Å²) in [6.07, 6.45) is 5.38. The van der Waals surface area contributed by atoms with E-state index in [1.165, 1.54) is 24.0 Å². The predicted molar refractivity (Wildman–Crippen MR) is 104 cm³/mol. The molecule has 1 aromatic heterocycles. The Morgan fingerprint density at radius 2 is 2.00 bits per heavy atom. The molecule has 1 atom stereocenters. The maximum absolute atomic E-state index is 12.7. The summed E-state index contributed by atoms with van der Waals surface area (Å²) in [5.41, 5.74) is 4.85. The average molecular weight is 351 g/mol. The summed E-state index contributed by atoms with van der Waals surface area (Å²) in [6.45, 7) is 7.25. The van der Waals surface area contributed by atoms with Crippen LogP contribution in [0.15, 0.2) is 36.5 Å². The quantitative estimate of drug-likeness (QED) is 0.833. The second-order valence-electron chi connectivity index (χ2n) is 8.09. The van der Waals surface area contributed by atoms with Crippen molar-refractivity contribution < 1.29 is 4.79 Å². The first-order valence-electron chi connectivity index (χ1n) is 9.89. The molecule has 1 amide bonds. The van der Waals surface area contributed by atoms with E-state index in [-0.39, 0.29) is 5.91 Å². The minimum atomic E-state index is 0.0659. The molecule has 1 aromatic carbocycles. The van der Waals surface area contributed by atoms with Crippen LogP contribution in [0.5, 0.6) is 0 Å². The first-order chi connectivity index (χ1) is 12.6. The van der Waals surface area contributed by atoms with Crippen molar-refractivity contribution in [2.75, 3.05) is 13.1 Å². The molecule has 1 aliphatic carbocycles. The molecule has 2 N–H and O–H groups in total. The molecule has 4 rings (SSSR count). The molecule has 1 aliphatic heterocycles. The highest BCUT2D eigenvalue weighted by Gasteiger charge is 2.30. The Balaban J connectivity index is 1.41. The lowest BCUT2D eigenvalue weighted by Gasteiger charge is -2.38. The lowest BCUT2D eigenvalue weighted by Crippen LogP contribution is -2.48. The van der Waals surface area contributed by atoms with Crippen LogP contribution in [0.2, 0.25) is 0 Å². The Morgan fingerprint density at radius 3 is 2.73 bits per heavy atom. The van der Waals surface area contributed by atoms with Gasteiger partial charge in [0.05, 0.1) is 5.56 Å². The van der Waals surface area contributed by atoms with E-state index in [1.807, 2.05) is 12.3 Å². The van der Waals surface area contributed by atoms with Gasteiger partial charge < -0.3 is 10.3 Å². The van der Waals surface area contributed by atoms with Gasteiger partial charge in [-0.1, -0.05) is 38.1 Å². The van der Waals surface area contributed by atoms with Crippen LogP contribution in [0, 0.1) is 5.92 Å². The van der Waals surface area contributed by atoms with Crippen LogP contribution in [0.4, 0.5) is 0 Å². The molecule has 2 aromatic rings. The number of aromatic amines is 1. The van der Waals surface area contributed by atoms with Crippen molar-refractivity contribution in [1.82, 2.24) is 15.2 Å². The molecule has 26 heavy (non-hydrogen) atoms. The molecule has 0 radical (unpaired) electrons. The number of benzene rings is 1. The van der Waals surface area contributed by atoms with Crippen molar-refractivity contribution in [3.63, 3.8) is 0 Å². The molecule has 0 saturated heterocycles. The van der Waals surface area contributed by atoms with E-state index < -0.39 is 0 Å².